The molecule has 4 heteroatoms. The number of pyridine rings is 1. The van der Waals surface area contributed by atoms with Crippen LogP contribution in [-0.2, 0) is 0 Å². The highest BCUT2D eigenvalue weighted by Gasteiger charge is 2.27. The lowest BCUT2D eigenvalue weighted by atomic mass is 10.3. The molecule has 14 heavy (non-hydrogen) atoms. The monoisotopic (exact) mass is 189 g/mol. The first-order valence-electron chi connectivity index (χ1n) is 4.83. The number of hydrogen-bond donors (Lipinski definition) is 1. The highest BCUT2D eigenvalue weighted by Crippen LogP contribution is 2.37. The van der Waals surface area contributed by atoms with Gasteiger partial charge >= 0.3 is 0 Å². The minimum absolute atomic E-state index is 0.0283. The zero-order chi connectivity index (χ0) is 9.71. The van der Waals surface area contributed by atoms with Crippen molar-refractivity contribution in [3.8, 4) is 0 Å². The van der Waals surface area contributed by atoms with E-state index < -0.39 is 0 Å². The van der Waals surface area contributed by atoms with E-state index in [9.17, 15) is 4.79 Å². The second kappa shape index (κ2) is 2.47. The van der Waals surface area contributed by atoms with Crippen molar-refractivity contribution in [2.45, 2.75) is 25.7 Å². The molecule has 72 valence electrons. The molecule has 0 aromatic carbocycles. The Morgan fingerprint density at radius 1 is 1.50 bits per heavy atom. The average Bonchev–Trinajstić information content (AvgIpc) is 2.87. The van der Waals surface area contributed by atoms with E-state index in [0.717, 1.165) is 17.0 Å². The van der Waals surface area contributed by atoms with Gasteiger partial charge in [0.05, 0.1) is 0 Å². The van der Waals surface area contributed by atoms with Gasteiger partial charge in [-0.1, -0.05) is 0 Å². The summed E-state index contributed by atoms with van der Waals surface area (Å²) in [5, 5.41) is 3.05. The molecule has 2 aromatic heterocycles. The Balaban J connectivity index is 2.31. The Kier molecular flexibility index (Phi) is 1.37. The molecule has 0 radical (unpaired) electrons. The molecule has 2 aromatic rings. The van der Waals surface area contributed by atoms with Gasteiger partial charge in [0.2, 0.25) is 0 Å². The van der Waals surface area contributed by atoms with Crippen LogP contribution in [0.25, 0.3) is 5.65 Å². The molecule has 0 unspecified atom stereocenters. The Labute approximate surface area is 80.6 Å². The van der Waals surface area contributed by atoms with E-state index >= 15 is 0 Å². The topological polar surface area (TPSA) is 50.2 Å². The number of nitrogens with zero attached hydrogens (tertiary/aromatic N) is 2. The third-order valence-electron chi connectivity index (χ3n) is 2.58. The van der Waals surface area contributed by atoms with Crippen molar-refractivity contribution in [2.75, 3.05) is 0 Å². The number of aromatic nitrogens is 3. The van der Waals surface area contributed by atoms with Gasteiger partial charge in [-0.05, 0) is 31.4 Å². The van der Waals surface area contributed by atoms with Gasteiger partial charge in [0.15, 0.2) is 5.65 Å². The minimum Gasteiger partial charge on any atom is -0.276 e. The largest absolute Gasteiger partial charge is 0.276 e. The SMILES string of the molecule is Cc1cc(=O)n2[nH]c(C3CC3)nc2c1. The van der Waals surface area contributed by atoms with E-state index in [2.05, 4.69) is 10.1 Å². The number of aromatic amines is 1. The average molecular weight is 189 g/mol. The first-order chi connectivity index (χ1) is 6.74. The Morgan fingerprint density at radius 3 is 3.00 bits per heavy atom. The highest BCUT2D eigenvalue weighted by atomic mass is 16.1. The standard InChI is InChI=1S/C10H11N3O/c1-6-4-8-11-10(7-2-3-7)12-13(8)9(14)5-6/h4-5,7H,2-3H2,1H3,(H,11,12). The van der Waals surface area contributed by atoms with Gasteiger partial charge in [0.1, 0.15) is 5.82 Å². The Morgan fingerprint density at radius 2 is 2.29 bits per heavy atom. The third-order valence-corrected chi connectivity index (χ3v) is 2.58. The fourth-order valence-electron chi connectivity index (χ4n) is 1.68. The molecule has 1 N–H and O–H groups in total. The van der Waals surface area contributed by atoms with Crippen LogP contribution in [0.3, 0.4) is 0 Å². The van der Waals surface area contributed by atoms with Gasteiger partial charge in [0.25, 0.3) is 5.56 Å². The summed E-state index contributed by atoms with van der Waals surface area (Å²) < 4.78 is 1.51. The van der Waals surface area contributed by atoms with E-state index in [1.165, 1.54) is 17.4 Å². The van der Waals surface area contributed by atoms with Gasteiger partial charge < -0.3 is 0 Å². The van der Waals surface area contributed by atoms with Crippen LogP contribution in [0, 0.1) is 6.92 Å². The van der Waals surface area contributed by atoms with E-state index in [-0.39, 0.29) is 5.56 Å². The molecule has 4 nitrogen and oxygen atoms in total. The fraction of sp³-hybridized carbons (Fsp3) is 0.400. The third kappa shape index (κ3) is 1.07. The molecule has 1 saturated carbocycles. The molecule has 0 amide bonds. The Hall–Kier alpha value is -1.58. The van der Waals surface area contributed by atoms with Crippen molar-refractivity contribution in [3.63, 3.8) is 0 Å². The summed E-state index contributed by atoms with van der Waals surface area (Å²) in [5.74, 6) is 1.50. The normalized spacial score (nSPS) is 16.4. The lowest BCUT2D eigenvalue weighted by Gasteiger charge is -1.91. The van der Waals surface area contributed by atoms with Crippen molar-refractivity contribution in [1.82, 2.24) is 14.6 Å². The van der Waals surface area contributed by atoms with Gasteiger partial charge in [-0.25, -0.2) is 9.50 Å². The number of fused-ring (bicyclic) bond motifs is 1. The molecule has 1 fully saturated rings. The van der Waals surface area contributed by atoms with Crippen molar-refractivity contribution in [1.29, 1.82) is 0 Å². The summed E-state index contributed by atoms with van der Waals surface area (Å²) in [6.07, 6.45) is 2.38. The maximum atomic E-state index is 11.5. The van der Waals surface area contributed by atoms with Crippen LogP contribution in [0.5, 0.6) is 0 Å². The second-order valence-corrected chi connectivity index (χ2v) is 3.95. The Bertz CT molecular complexity index is 548. The number of aryl methyl sites for hydroxylation is 1. The molecule has 2 heterocycles. The highest BCUT2D eigenvalue weighted by molar-refractivity contribution is 5.40. The quantitative estimate of drug-likeness (QED) is 0.733. The fourth-order valence-corrected chi connectivity index (χ4v) is 1.68. The summed E-state index contributed by atoms with van der Waals surface area (Å²) in [5.41, 5.74) is 1.67. The molecule has 1 aliphatic carbocycles. The minimum atomic E-state index is -0.0283. The molecule has 1 aliphatic rings. The number of H-pyrrole nitrogens is 1. The number of rotatable bonds is 1. The lowest BCUT2D eigenvalue weighted by molar-refractivity contribution is 0.854. The number of hydrogen-bond acceptors (Lipinski definition) is 2. The summed E-state index contributed by atoms with van der Waals surface area (Å²) in [7, 11) is 0. The van der Waals surface area contributed by atoms with E-state index in [1.807, 2.05) is 13.0 Å². The maximum absolute atomic E-state index is 11.5. The van der Waals surface area contributed by atoms with E-state index in [4.69, 9.17) is 0 Å². The summed E-state index contributed by atoms with van der Waals surface area (Å²) >= 11 is 0. The lowest BCUT2D eigenvalue weighted by Crippen LogP contribution is -2.12. The summed E-state index contributed by atoms with van der Waals surface area (Å²) in [6, 6.07) is 3.53. The van der Waals surface area contributed by atoms with Crippen LogP contribution in [-0.4, -0.2) is 14.6 Å². The van der Waals surface area contributed by atoms with Crippen molar-refractivity contribution >= 4 is 5.65 Å². The van der Waals surface area contributed by atoms with Gasteiger partial charge in [-0.3, -0.25) is 9.89 Å². The van der Waals surface area contributed by atoms with Gasteiger partial charge in [-0.2, -0.15) is 0 Å². The van der Waals surface area contributed by atoms with Gasteiger partial charge in [0, 0.05) is 12.0 Å². The van der Waals surface area contributed by atoms with Crippen LogP contribution in [0.4, 0.5) is 0 Å². The maximum Gasteiger partial charge on any atom is 0.271 e. The predicted octanol–water partition coefficient (Wildman–Crippen LogP) is 1.21. The van der Waals surface area contributed by atoms with Crippen molar-refractivity contribution in [2.24, 2.45) is 0 Å². The molecule has 0 bridgehead atoms. The van der Waals surface area contributed by atoms with Crippen molar-refractivity contribution in [3.05, 3.63) is 33.9 Å². The van der Waals surface area contributed by atoms with E-state index in [1.54, 1.807) is 6.07 Å². The van der Waals surface area contributed by atoms with Crippen LogP contribution >= 0.6 is 0 Å². The van der Waals surface area contributed by atoms with Gasteiger partial charge in [-0.15, -0.1) is 0 Å². The summed E-state index contributed by atoms with van der Waals surface area (Å²) in [4.78, 5) is 16.0. The molecule has 0 atom stereocenters. The molecule has 0 aliphatic heterocycles. The smallest absolute Gasteiger partial charge is 0.271 e. The van der Waals surface area contributed by atoms with Crippen LogP contribution in [0.15, 0.2) is 16.9 Å². The zero-order valence-electron chi connectivity index (χ0n) is 7.95. The molecular formula is C10H11N3O. The first kappa shape index (κ1) is 7.79. The number of nitrogens with one attached hydrogen (secondary N) is 1. The molecular weight excluding hydrogens is 178 g/mol. The van der Waals surface area contributed by atoms with Crippen LogP contribution in [0.1, 0.15) is 30.1 Å². The first-order valence-corrected chi connectivity index (χ1v) is 4.83. The van der Waals surface area contributed by atoms with Crippen molar-refractivity contribution < 1.29 is 0 Å². The second-order valence-electron chi connectivity index (χ2n) is 3.95. The van der Waals surface area contributed by atoms with E-state index in [0.29, 0.717) is 5.92 Å². The zero-order valence-corrected chi connectivity index (χ0v) is 7.95. The molecule has 0 saturated heterocycles. The molecule has 0 spiro atoms. The predicted molar refractivity (Wildman–Crippen MR) is 52.5 cm³/mol. The molecule has 3 rings (SSSR count). The van der Waals surface area contributed by atoms with Crippen LogP contribution < -0.4 is 5.56 Å². The van der Waals surface area contributed by atoms with Crippen LogP contribution in [0.2, 0.25) is 0 Å². The summed E-state index contributed by atoms with van der Waals surface area (Å²) in [6.45, 7) is 1.91.